The Balaban J connectivity index is 1.72. The van der Waals surface area contributed by atoms with Crippen LogP contribution in [0.3, 0.4) is 0 Å². The van der Waals surface area contributed by atoms with Gasteiger partial charge in [-0.25, -0.2) is 4.90 Å². The van der Waals surface area contributed by atoms with Gasteiger partial charge in [0.15, 0.2) is 6.04 Å². The Morgan fingerprint density at radius 1 is 1.09 bits per heavy atom. The van der Waals surface area contributed by atoms with Crippen LogP contribution in [-0.4, -0.2) is 23.9 Å². The molecule has 1 aromatic rings. The smallest absolute Gasteiger partial charge is 0.292 e. The zero-order valence-electron chi connectivity index (χ0n) is 13.4. The second-order valence-electron chi connectivity index (χ2n) is 6.84. The Hall–Kier alpha value is -1.68. The van der Waals surface area contributed by atoms with E-state index in [9.17, 15) is 9.59 Å². The van der Waals surface area contributed by atoms with Crippen molar-refractivity contribution in [3.05, 3.63) is 30.3 Å². The number of anilines is 1. The van der Waals surface area contributed by atoms with Gasteiger partial charge >= 0.3 is 0 Å². The minimum atomic E-state index is -0.245. The van der Waals surface area contributed by atoms with E-state index in [1.165, 1.54) is 17.7 Å². The van der Waals surface area contributed by atoms with E-state index in [0.29, 0.717) is 30.0 Å². The Morgan fingerprint density at radius 3 is 2.55 bits per heavy atom. The van der Waals surface area contributed by atoms with Gasteiger partial charge in [-0.05, 0) is 37.3 Å². The predicted molar refractivity (Wildman–Crippen MR) is 85.2 cm³/mol. The number of amides is 2. The van der Waals surface area contributed by atoms with E-state index in [4.69, 9.17) is 0 Å². The third-order valence-electron chi connectivity index (χ3n) is 5.45. The maximum Gasteiger partial charge on any atom is 0.292 e. The van der Waals surface area contributed by atoms with Crippen LogP contribution in [0.1, 0.15) is 39.5 Å². The van der Waals surface area contributed by atoms with Crippen LogP contribution in [0.25, 0.3) is 0 Å². The maximum absolute atomic E-state index is 12.7. The van der Waals surface area contributed by atoms with Gasteiger partial charge in [0.05, 0.1) is 18.2 Å². The molecule has 0 radical (unpaired) electrons. The van der Waals surface area contributed by atoms with Crippen LogP contribution < -0.4 is 10.2 Å². The molecule has 1 saturated carbocycles. The molecule has 2 N–H and O–H groups in total. The summed E-state index contributed by atoms with van der Waals surface area (Å²) in [5.41, 5.74) is 0.693. The highest BCUT2D eigenvalue weighted by Crippen LogP contribution is 2.28. The van der Waals surface area contributed by atoms with E-state index >= 15 is 0 Å². The number of benzene rings is 1. The number of nitrogens with two attached hydrogens (primary N) is 1. The van der Waals surface area contributed by atoms with Crippen molar-refractivity contribution in [2.24, 2.45) is 11.8 Å². The second kappa shape index (κ2) is 6.21. The lowest BCUT2D eigenvalue weighted by molar-refractivity contribution is -0.716. The van der Waals surface area contributed by atoms with Crippen LogP contribution in [0.4, 0.5) is 5.69 Å². The van der Waals surface area contributed by atoms with Crippen molar-refractivity contribution in [3.8, 4) is 0 Å². The maximum atomic E-state index is 12.7. The lowest BCUT2D eigenvalue weighted by Crippen LogP contribution is -2.97. The molecule has 0 aromatic heterocycles. The summed E-state index contributed by atoms with van der Waals surface area (Å²) in [5.74, 6) is 1.17. The van der Waals surface area contributed by atoms with Crippen LogP contribution in [0.5, 0.6) is 0 Å². The molecule has 3 rings (SSSR count). The van der Waals surface area contributed by atoms with Gasteiger partial charge < -0.3 is 5.32 Å². The number of hydrogen-bond donors (Lipinski definition) is 1. The molecule has 0 unspecified atom stereocenters. The summed E-state index contributed by atoms with van der Waals surface area (Å²) in [6.07, 6.45) is 3.98. The van der Waals surface area contributed by atoms with Crippen molar-refractivity contribution >= 4 is 17.5 Å². The monoisotopic (exact) mass is 301 g/mol. The molecule has 4 nitrogen and oxygen atoms in total. The first kappa shape index (κ1) is 15.2. The van der Waals surface area contributed by atoms with Crippen molar-refractivity contribution in [2.75, 3.05) is 4.90 Å². The first-order chi connectivity index (χ1) is 10.6. The fourth-order valence-electron chi connectivity index (χ4n) is 3.85. The molecule has 4 heteroatoms. The van der Waals surface area contributed by atoms with Crippen molar-refractivity contribution in [2.45, 2.75) is 51.6 Å². The summed E-state index contributed by atoms with van der Waals surface area (Å²) >= 11 is 0. The average molecular weight is 301 g/mol. The van der Waals surface area contributed by atoms with Gasteiger partial charge in [-0.3, -0.25) is 9.59 Å². The molecule has 2 fully saturated rings. The highest BCUT2D eigenvalue weighted by Gasteiger charge is 2.44. The number of nitrogens with zero attached hydrogens (tertiary/aromatic N) is 1. The number of quaternary nitrogens is 1. The van der Waals surface area contributed by atoms with E-state index in [0.717, 1.165) is 6.42 Å². The molecule has 0 spiro atoms. The minimum Gasteiger partial charge on any atom is -0.333 e. The molecule has 2 aliphatic rings. The van der Waals surface area contributed by atoms with E-state index < -0.39 is 0 Å². The summed E-state index contributed by atoms with van der Waals surface area (Å²) in [6.45, 7) is 4.57. The van der Waals surface area contributed by atoms with Crippen LogP contribution in [0.15, 0.2) is 30.3 Å². The summed E-state index contributed by atoms with van der Waals surface area (Å²) in [7, 11) is 0. The lowest BCUT2D eigenvalue weighted by Gasteiger charge is -2.33. The van der Waals surface area contributed by atoms with Crippen molar-refractivity contribution in [3.63, 3.8) is 0 Å². The molecular formula is C18H25N2O2+. The van der Waals surface area contributed by atoms with Crippen LogP contribution >= 0.6 is 0 Å². The van der Waals surface area contributed by atoms with Crippen LogP contribution in [0, 0.1) is 11.8 Å². The van der Waals surface area contributed by atoms with Crippen LogP contribution in [0.2, 0.25) is 0 Å². The lowest BCUT2D eigenvalue weighted by atomic mass is 9.78. The Bertz CT molecular complexity index is 557. The Morgan fingerprint density at radius 2 is 1.82 bits per heavy atom. The fraction of sp³-hybridized carbons (Fsp3) is 0.556. The standard InChI is InChI=1S/C18H24N2O2/c1-12-7-6-10-15(13(12)2)19-16-11-17(21)20(18(16)22)14-8-4-3-5-9-14/h3-5,8-9,12-13,15-16,19H,6-7,10-11H2,1-2H3/p+1/t12-,13+,15+,16+/m0/s1. The topological polar surface area (TPSA) is 54.0 Å². The third-order valence-corrected chi connectivity index (χ3v) is 5.45. The molecule has 1 aliphatic heterocycles. The molecule has 1 aromatic carbocycles. The van der Waals surface area contributed by atoms with Gasteiger partial charge in [-0.1, -0.05) is 32.0 Å². The number of rotatable bonds is 3. The summed E-state index contributed by atoms with van der Waals surface area (Å²) in [4.78, 5) is 26.3. The largest absolute Gasteiger partial charge is 0.333 e. The molecule has 4 atom stereocenters. The number of carbonyl (C=O) groups is 2. The quantitative estimate of drug-likeness (QED) is 0.864. The van der Waals surface area contributed by atoms with Gasteiger partial charge in [-0.15, -0.1) is 0 Å². The van der Waals surface area contributed by atoms with E-state index in [-0.39, 0.29) is 17.9 Å². The van der Waals surface area contributed by atoms with Gasteiger partial charge in [0.1, 0.15) is 0 Å². The highest BCUT2D eigenvalue weighted by molar-refractivity contribution is 6.21. The minimum absolute atomic E-state index is 0.0540. The number of carbonyl (C=O) groups excluding carboxylic acids is 2. The predicted octanol–water partition coefficient (Wildman–Crippen LogP) is 1.71. The summed E-state index contributed by atoms with van der Waals surface area (Å²) in [6, 6.07) is 9.47. The summed E-state index contributed by atoms with van der Waals surface area (Å²) < 4.78 is 0. The first-order valence-electron chi connectivity index (χ1n) is 8.34. The molecule has 0 bridgehead atoms. The van der Waals surface area contributed by atoms with Gasteiger partial charge in [0, 0.05) is 5.92 Å². The SMILES string of the molecule is C[C@@H]1[C@@H](C)CCC[C@H]1[NH2+][C@@H]1CC(=O)N(c2ccccc2)C1=O. The number of para-hydroxylation sites is 1. The normalized spacial score (nSPS) is 32.5. The van der Waals surface area contributed by atoms with Crippen LogP contribution in [-0.2, 0) is 9.59 Å². The Kier molecular flexibility index (Phi) is 4.30. The Labute approximate surface area is 131 Å². The molecule has 1 saturated heterocycles. The van der Waals surface area contributed by atoms with Gasteiger partial charge in [-0.2, -0.15) is 0 Å². The molecule has 22 heavy (non-hydrogen) atoms. The van der Waals surface area contributed by atoms with E-state index in [2.05, 4.69) is 19.2 Å². The summed E-state index contributed by atoms with van der Waals surface area (Å²) in [5, 5.41) is 2.17. The zero-order valence-corrected chi connectivity index (χ0v) is 13.4. The zero-order chi connectivity index (χ0) is 15.7. The molecule has 1 heterocycles. The van der Waals surface area contributed by atoms with Crippen molar-refractivity contribution in [1.29, 1.82) is 0 Å². The fourth-order valence-corrected chi connectivity index (χ4v) is 3.85. The number of hydrogen-bond acceptors (Lipinski definition) is 2. The first-order valence-corrected chi connectivity index (χ1v) is 8.34. The second-order valence-corrected chi connectivity index (χ2v) is 6.84. The van der Waals surface area contributed by atoms with Crippen molar-refractivity contribution in [1.82, 2.24) is 0 Å². The highest BCUT2D eigenvalue weighted by atomic mass is 16.2. The van der Waals surface area contributed by atoms with Crippen molar-refractivity contribution < 1.29 is 14.9 Å². The van der Waals surface area contributed by atoms with Gasteiger partial charge in [0.2, 0.25) is 5.91 Å². The van der Waals surface area contributed by atoms with E-state index in [1.807, 2.05) is 30.3 Å². The third kappa shape index (κ3) is 2.80. The molecule has 118 valence electrons. The van der Waals surface area contributed by atoms with E-state index in [1.54, 1.807) is 0 Å². The number of imide groups is 1. The molecule has 2 amide bonds. The average Bonchev–Trinajstić information content (AvgIpc) is 2.79. The molecular weight excluding hydrogens is 276 g/mol. The van der Waals surface area contributed by atoms with Gasteiger partial charge in [0.25, 0.3) is 5.91 Å². The molecule has 1 aliphatic carbocycles.